The van der Waals surface area contributed by atoms with Crippen LogP contribution in [0.5, 0.6) is 0 Å². The molecular formula is C22H18FN3O2. The maximum atomic E-state index is 13.8. The van der Waals surface area contributed by atoms with Crippen molar-refractivity contribution in [3.8, 4) is 17.0 Å². The molecule has 0 saturated heterocycles. The van der Waals surface area contributed by atoms with E-state index >= 15 is 0 Å². The first kappa shape index (κ1) is 17.7. The number of aromatic nitrogens is 2. The van der Waals surface area contributed by atoms with E-state index in [2.05, 4.69) is 10.4 Å². The summed E-state index contributed by atoms with van der Waals surface area (Å²) in [7, 11) is 0. The first-order valence-electron chi connectivity index (χ1n) is 8.92. The van der Waals surface area contributed by atoms with Crippen molar-refractivity contribution in [3.05, 3.63) is 96.3 Å². The summed E-state index contributed by atoms with van der Waals surface area (Å²) in [6.07, 6.45) is 4.30. The summed E-state index contributed by atoms with van der Waals surface area (Å²) in [5.41, 5.74) is 2.41. The minimum Gasteiger partial charge on any atom is -0.451 e. The molecule has 1 N–H and O–H groups in total. The molecule has 0 spiro atoms. The highest BCUT2D eigenvalue weighted by Gasteiger charge is 2.14. The number of carbonyl (C=O) groups excluding carboxylic acids is 1. The summed E-state index contributed by atoms with van der Waals surface area (Å²) in [6.45, 7) is 0.468. The normalized spacial score (nSPS) is 10.8. The number of furan rings is 1. The molecule has 5 nitrogen and oxygen atoms in total. The third kappa shape index (κ3) is 3.86. The highest BCUT2D eigenvalue weighted by Crippen LogP contribution is 2.24. The zero-order valence-electron chi connectivity index (χ0n) is 15.0. The van der Waals surface area contributed by atoms with Gasteiger partial charge in [-0.15, -0.1) is 0 Å². The third-order valence-corrected chi connectivity index (χ3v) is 4.37. The Bertz CT molecular complexity index is 1070. The van der Waals surface area contributed by atoms with E-state index in [4.69, 9.17) is 4.42 Å². The lowest BCUT2D eigenvalue weighted by atomic mass is 10.1. The molecular weight excluding hydrogens is 357 g/mol. The van der Waals surface area contributed by atoms with E-state index in [1.165, 1.54) is 6.07 Å². The monoisotopic (exact) mass is 375 g/mol. The third-order valence-electron chi connectivity index (χ3n) is 4.37. The predicted molar refractivity (Wildman–Crippen MR) is 104 cm³/mol. The van der Waals surface area contributed by atoms with E-state index in [9.17, 15) is 9.18 Å². The Morgan fingerprint density at radius 1 is 1.04 bits per heavy atom. The van der Waals surface area contributed by atoms with Crippen molar-refractivity contribution < 1.29 is 13.6 Å². The quantitative estimate of drug-likeness (QED) is 0.548. The molecule has 6 heteroatoms. The number of nitrogens with one attached hydrogen (secondary N) is 1. The van der Waals surface area contributed by atoms with Crippen LogP contribution in [-0.4, -0.2) is 22.2 Å². The van der Waals surface area contributed by atoms with Gasteiger partial charge >= 0.3 is 0 Å². The molecule has 0 aliphatic carbocycles. The lowest BCUT2D eigenvalue weighted by Crippen LogP contribution is -2.25. The van der Waals surface area contributed by atoms with Gasteiger partial charge in [0.25, 0.3) is 5.91 Å². The highest BCUT2D eigenvalue weighted by atomic mass is 19.1. The molecule has 2 heterocycles. The van der Waals surface area contributed by atoms with Crippen molar-refractivity contribution in [3.63, 3.8) is 0 Å². The smallest absolute Gasteiger partial charge is 0.287 e. The number of carbonyl (C=O) groups is 1. The summed E-state index contributed by atoms with van der Waals surface area (Å²) in [4.78, 5) is 12.3. The van der Waals surface area contributed by atoms with Crippen LogP contribution in [0.3, 0.4) is 0 Å². The van der Waals surface area contributed by atoms with Gasteiger partial charge in [0, 0.05) is 18.9 Å². The molecule has 0 atom stereocenters. The Balaban J connectivity index is 1.33. The number of benzene rings is 2. The average molecular weight is 375 g/mol. The number of halogens is 1. The topological polar surface area (TPSA) is 60.1 Å². The van der Waals surface area contributed by atoms with Crippen molar-refractivity contribution in [2.75, 3.05) is 6.54 Å². The molecule has 0 aliphatic heterocycles. The largest absolute Gasteiger partial charge is 0.451 e. The summed E-state index contributed by atoms with van der Waals surface area (Å²) in [5.74, 6) is -0.220. The molecule has 0 saturated carbocycles. The van der Waals surface area contributed by atoms with Crippen LogP contribution in [0, 0.1) is 5.82 Å². The fraction of sp³-hybridized carbons (Fsp3) is 0.0909. The molecule has 2 aromatic carbocycles. The van der Waals surface area contributed by atoms with E-state index in [-0.39, 0.29) is 17.5 Å². The molecule has 140 valence electrons. The number of rotatable bonds is 6. The number of hydrogen-bond donors (Lipinski definition) is 1. The van der Waals surface area contributed by atoms with Crippen LogP contribution in [0.2, 0.25) is 0 Å². The summed E-state index contributed by atoms with van der Waals surface area (Å²) >= 11 is 0. The van der Waals surface area contributed by atoms with E-state index in [0.29, 0.717) is 24.3 Å². The van der Waals surface area contributed by atoms with Crippen LogP contribution in [0.4, 0.5) is 4.39 Å². The molecule has 28 heavy (non-hydrogen) atoms. The van der Waals surface area contributed by atoms with E-state index in [1.807, 2.05) is 36.5 Å². The maximum Gasteiger partial charge on any atom is 0.287 e. The predicted octanol–water partition coefficient (Wildman–Crippen LogP) is 4.24. The average Bonchev–Trinajstić information content (AvgIpc) is 3.41. The zero-order valence-corrected chi connectivity index (χ0v) is 15.0. The highest BCUT2D eigenvalue weighted by molar-refractivity contribution is 5.92. The van der Waals surface area contributed by atoms with E-state index < -0.39 is 0 Å². The Labute approximate surface area is 161 Å². The minimum absolute atomic E-state index is 0.160. The van der Waals surface area contributed by atoms with Gasteiger partial charge in [-0.25, -0.2) is 9.07 Å². The first-order chi connectivity index (χ1) is 13.7. The van der Waals surface area contributed by atoms with Gasteiger partial charge in [0.05, 0.1) is 11.3 Å². The molecule has 0 bridgehead atoms. The van der Waals surface area contributed by atoms with Crippen molar-refractivity contribution in [1.29, 1.82) is 0 Å². The molecule has 4 rings (SSSR count). The fourth-order valence-electron chi connectivity index (χ4n) is 2.91. The Morgan fingerprint density at radius 3 is 2.61 bits per heavy atom. The molecule has 0 unspecified atom stereocenters. The summed E-state index contributed by atoms with van der Waals surface area (Å²) in [6, 6.07) is 19.3. The van der Waals surface area contributed by atoms with Gasteiger partial charge in [-0.2, -0.15) is 5.10 Å². The van der Waals surface area contributed by atoms with Crippen LogP contribution in [0.15, 0.2) is 83.5 Å². The van der Waals surface area contributed by atoms with Gasteiger partial charge in [-0.05, 0) is 54.4 Å². The zero-order chi connectivity index (χ0) is 19.3. The van der Waals surface area contributed by atoms with E-state index in [0.717, 1.165) is 11.3 Å². The van der Waals surface area contributed by atoms with Gasteiger partial charge in [-0.1, -0.05) is 24.3 Å². The standard InChI is InChI=1S/C22H18FN3O2/c23-19-5-2-1-4-18(19)20-10-11-21(28-20)22(27)24-14-12-16-6-8-17(9-7-16)26-15-3-13-25-26/h1-11,13,15H,12,14H2,(H,24,27). The van der Waals surface area contributed by atoms with Crippen LogP contribution in [0.25, 0.3) is 17.0 Å². The van der Waals surface area contributed by atoms with Gasteiger partial charge in [-0.3, -0.25) is 4.79 Å². The Morgan fingerprint density at radius 2 is 1.86 bits per heavy atom. The van der Waals surface area contributed by atoms with Gasteiger partial charge in [0.1, 0.15) is 11.6 Å². The minimum atomic E-state index is -0.387. The molecule has 4 aromatic rings. The fourth-order valence-corrected chi connectivity index (χ4v) is 2.91. The van der Waals surface area contributed by atoms with Crippen LogP contribution >= 0.6 is 0 Å². The summed E-state index contributed by atoms with van der Waals surface area (Å²) < 4.78 is 21.1. The van der Waals surface area contributed by atoms with Gasteiger partial charge in [0.2, 0.25) is 0 Å². The second-order valence-electron chi connectivity index (χ2n) is 6.27. The first-order valence-corrected chi connectivity index (χ1v) is 8.92. The number of hydrogen-bond acceptors (Lipinski definition) is 3. The second-order valence-corrected chi connectivity index (χ2v) is 6.27. The molecule has 1 amide bonds. The van der Waals surface area contributed by atoms with Crippen LogP contribution in [-0.2, 0) is 6.42 Å². The van der Waals surface area contributed by atoms with Crippen LogP contribution < -0.4 is 5.32 Å². The lowest BCUT2D eigenvalue weighted by Gasteiger charge is -2.06. The Hall–Kier alpha value is -3.67. The van der Waals surface area contributed by atoms with Crippen molar-refractivity contribution >= 4 is 5.91 Å². The van der Waals surface area contributed by atoms with Crippen molar-refractivity contribution in [1.82, 2.24) is 15.1 Å². The van der Waals surface area contributed by atoms with Gasteiger partial charge < -0.3 is 9.73 Å². The summed E-state index contributed by atoms with van der Waals surface area (Å²) in [5, 5.41) is 7.02. The van der Waals surface area contributed by atoms with Crippen LogP contribution in [0.1, 0.15) is 16.1 Å². The maximum absolute atomic E-state index is 13.8. The SMILES string of the molecule is O=C(NCCc1ccc(-n2cccn2)cc1)c1ccc(-c2ccccc2F)o1. The van der Waals surface area contributed by atoms with Crippen molar-refractivity contribution in [2.45, 2.75) is 6.42 Å². The molecule has 0 radical (unpaired) electrons. The molecule has 0 aliphatic rings. The molecule has 0 fully saturated rings. The second kappa shape index (κ2) is 7.92. The van der Waals surface area contributed by atoms with E-state index in [1.54, 1.807) is 41.2 Å². The molecule has 2 aromatic heterocycles. The Kier molecular flexibility index (Phi) is 5.01. The lowest BCUT2D eigenvalue weighted by molar-refractivity contribution is 0.0927. The van der Waals surface area contributed by atoms with Crippen molar-refractivity contribution in [2.24, 2.45) is 0 Å². The number of amides is 1. The number of nitrogens with zero attached hydrogens (tertiary/aromatic N) is 2. The van der Waals surface area contributed by atoms with Gasteiger partial charge in [0.15, 0.2) is 5.76 Å².